The van der Waals surface area contributed by atoms with Gasteiger partial charge in [0, 0.05) is 28.2 Å². The number of aromatic amines is 1. The minimum Gasteiger partial charge on any atom is -0.375 e. The zero-order valence-corrected chi connectivity index (χ0v) is 18.7. The van der Waals surface area contributed by atoms with Crippen LogP contribution in [0.3, 0.4) is 0 Å². The average molecular weight is 511 g/mol. The molecule has 1 aliphatic rings. The Morgan fingerprint density at radius 3 is 2.79 bits per heavy atom. The van der Waals surface area contributed by atoms with Crippen LogP contribution in [0.25, 0.3) is 11.0 Å². The van der Waals surface area contributed by atoms with Gasteiger partial charge in [0.15, 0.2) is 5.72 Å². The Morgan fingerprint density at radius 2 is 2.00 bits per heavy atom. The Kier molecular flexibility index (Phi) is 4.91. The summed E-state index contributed by atoms with van der Waals surface area (Å²) in [6.07, 6.45) is -0.695. The molecule has 0 bridgehead atoms. The van der Waals surface area contributed by atoms with Crippen molar-refractivity contribution in [2.24, 2.45) is 0 Å². The Labute approximate surface area is 195 Å². The number of hydrogen-bond donors (Lipinski definition) is 3. The molecule has 33 heavy (non-hydrogen) atoms. The highest BCUT2D eigenvalue weighted by Gasteiger charge is 2.51. The van der Waals surface area contributed by atoms with Crippen LogP contribution < -0.4 is 15.0 Å². The Morgan fingerprint density at radius 1 is 1.21 bits per heavy atom. The molecular weight excluding hydrogens is 495 g/mol. The lowest BCUT2D eigenvalue weighted by atomic mass is 9.93. The average Bonchev–Trinajstić information content (AvgIpc) is 3.31. The van der Waals surface area contributed by atoms with E-state index in [1.807, 2.05) is 0 Å². The molecule has 2 amide bonds. The predicted molar refractivity (Wildman–Crippen MR) is 122 cm³/mol. The quantitative estimate of drug-likeness (QED) is 0.385. The first-order chi connectivity index (χ1) is 15.8. The zero-order valence-electron chi connectivity index (χ0n) is 17.1. The minimum atomic E-state index is -2.00. The fraction of sp³-hybridized carbons (Fsp3) is 0.0870. The number of aromatic nitrogens is 2. The smallest absolute Gasteiger partial charge is 0.375 e. The van der Waals surface area contributed by atoms with Crippen molar-refractivity contribution in [3.05, 3.63) is 87.6 Å². The van der Waals surface area contributed by atoms with Gasteiger partial charge in [0.25, 0.3) is 5.91 Å². The molecule has 0 saturated carbocycles. The highest BCUT2D eigenvalue weighted by molar-refractivity contribution is 9.10. The van der Waals surface area contributed by atoms with Gasteiger partial charge >= 0.3 is 12.1 Å². The van der Waals surface area contributed by atoms with Gasteiger partial charge in [-0.05, 0) is 36.4 Å². The summed E-state index contributed by atoms with van der Waals surface area (Å²) in [5.74, 6) is -1.21. The molecule has 3 N–H and O–H groups in total. The number of halogens is 2. The lowest BCUT2D eigenvalue weighted by Gasteiger charge is -2.35. The van der Waals surface area contributed by atoms with E-state index >= 15 is 0 Å². The first-order valence-corrected chi connectivity index (χ1v) is 10.6. The van der Waals surface area contributed by atoms with Crippen LogP contribution in [0.15, 0.2) is 65.1 Å². The van der Waals surface area contributed by atoms with E-state index in [1.165, 1.54) is 25.2 Å². The van der Waals surface area contributed by atoms with Crippen LogP contribution >= 0.6 is 15.9 Å². The summed E-state index contributed by atoms with van der Waals surface area (Å²) in [5, 5.41) is 14.4. The monoisotopic (exact) mass is 510 g/mol. The second kappa shape index (κ2) is 7.68. The van der Waals surface area contributed by atoms with E-state index in [-0.39, 0.29) is 17.3 Å². The third-order valence-corrected chi connectivity index (χ3v) is 5.96. The van der Waals surface area contributed by atoms with Crippen LogP contribution in [0.5, 0.6) is 6.01 Å². The van der Waals surface area contributed by atoms with Gasteiger partial charge in [-0.15, -0.1) is 0 Å². The highest BCUT2D eigenvalue weighted by atomic mass is 79.9. The van der Waals surface area contributed by atoms with E-state index in [0.717, 1.165) is 4.90 Å². The molecule has 0 aliphatic carbocycles. The number of anilines is 1. The first kappa shape index (κ1) is 21.1. The topological polar surface area (TPSA) is 108 Å². The van der Waals surface area contributed by atoms with E-state index in [1.54, 1.807) is 42.5 Å². The molecule has 0 radical (unpaired) electrons. The number of amides is 2. The number of nitrogens with one attached hydrogen (secondary N) is 2. The number of benzene rings is 3. The molecule has 1 aromatic heterocycles. The van der Waals surface area contributed by atoms with Crippen molar-refractivity contribution >= 4 is 44.7 Å². The summed E-state index contributed by atoms with van der Waals surface area (Å²) in [7, 11) is 1.42. The normalized spacial score (nSPS) is 17.3. The van der Waals surface area contributed by atoms with E-state index in [2.05, 4.69) is 31.2 Å². The number of fused-ring (bicyclic) bond motifs is 2. The molecule has 0 saturated heterocycles. The maximum atomic E-state index is 14.9. The largest absolute Gasteiger partial charge is 0.414 e. The standard InChI is InChI=1S/C23H16BrFN4O4/c1-26-22(31)33-21-27-17-9-6-12(10-18(17)28-21)23(32)15-5-3-2-4-14(15)20(30)29(23)19-11-13(24)7-8-16(19)25/h2-11,32H,1H3,(H,26,31)(H,27,28). The van der Waals surface area contributed by atoms with Crippen LogP contribution in [0.4, 0.5) is 14.9 Å². The van der Waals surface area contributed by atoms with E-state index in [9.17, 15) is 19.1 Å². The van der Waals surface area contributed by atoms with E-state index < -0.39 is 23.5 Å². The van der Waals surface area contributed by atoms with Gasteiger partial charge in [0.2, 0.25) is 0 Å². The zero-order chi connectivity index (χ0) is 23.3. The van der Waals surface area contributed by atoms with Crippen molar-refractivity contribution in [3.63, 3.8) is 0 Å². The fourth-order valence-corrected chi connectivity index (χ4v) is 4.33. The van der Waals surface area contributed by atoms with Gasteiger partial charge < -0.3 is 20.1 Å². The number of H-pyrrole nitrogens is 1. The first-order valence-electron chi connectivity index (χ1n) is 9.84. The van der Waals surface area contributed by atoms with Crippen LogP contribution in [-0.4, -0.2) is 34.1 Å². The Balaban J connectivity index is 1.70. The SMILES string of the molecule is CNC(=O)Oc1nc2ccc(C3(O)c4ccccc4C(=O)N3c3cc(Br)ccc3F)cc2[nH]1. The predicted octanol–water partition coefficient (Wildman–Crippen LogP) is 4.04. The second-order valence-corrected chi connectivity index (χ2v) is 8.28. The van der Waals surface area contributed by atoms with Crippen molar-refractivity contribution in [1.29, 1.82) is 0 Å². The number of nitrogens with zero attached hydrogens (tertiary/aromatic N) is 2. The van der Waals surface area contributed by atoms with Crippen LogP contribution in [-0.2, 0) is 5.72 Å². The van der Waals surface area contributed by atoms with E-state index in [4.69, 9.17) is 4.74 Å². The molecule has 4 aromatic rings. The Hall–Kier alpha value is -3.76. The number of aliphatic hydroxyl groups is 1. The van der Waals surface area contributed by atoms with Crippen molar-refractivity contribution < 1.29 is 23.8 Å². The summed E-state index contributed by atoms with van der Waals surface area (Å²) in [6, 6.07) is 15.5. The maximum Gasteiger partial charge on any atom is 0.414 e. The fourth-order valence-electron chi connectivity index (χ4n) is 3.98. The molecule has 2 heterocycles. The number of carbonyl (C=O) groups is 2. The molecule has 8 nitrogen and oxygen atoms in total. The van der Waals surface area contributed by atoms with Gasteiger partial charge in [-0.25, -0.2) is 9.18 Å². The number of carbonyl (C=O) groups excluding carboxylic acids is 2. The highest BCUT2D eigenvalue weighted by Crippen LogP contribution is 2.46. The summed E-state index contributed by atoms with van der Waals surface area (Å²) in [6.45, 7) is 0. The third-order valence-electron chi connectivity index (χ3n) is 5.47. The molecule has 10 heteroatoms. The van der Waals surface area contributed by atoms with Gasteiger partial charge in [-0.3, -0.25) is 9.69 Å². The van der Waals surface area contributed by atoms with Crippen molar-refractivity contribution in [2.75, 3.05) is 11.9 Å². The number of ether oxygens (including phenoxy) is 1. The molecule has 3 aromatic carbocycles. The lowest BCUT2D eigenvalue weighted by Crippen LogP contribution is -2.45. The molecule has 1 aliphatic heterocycles. The maximum absolute atomic E-state index is 14.9. The van der Waals surface area contributed by atoms with Crippen molar-refractivity contribution in [3.8, 4) is 6.01 Å². The molecule has 0 spiro atoms. The van der Waals surface area contributed by atoms with Crippen molar-refractivity contribution in [2.45, 2.75) is 5.72 Å². The summed E-state index contributed by atoms with van der Waals surface area (Å²) < 4.78 is 20.5. The van der Waals surface area contributed by atoms with Gasteiger partial charge in [0.05, 0.1) is 16.7 Å². The summed E-state index contributed by atoms with van der Waals surface area (Å²) in [5.41, 5.74) is -0.298. The molecule has 166 valence electrons. The molecule has 5 rings (SSSR count). The van der Waals surface area contributed by atoms with Crippen molar-refractivity contribution in [1.82, 2.24) is 15.3 Å². The molecule has 1 unspecified atom stereocenters. The number of rotatable bonds is 3. The van der Waals surface area contributed by atoms with Gasteiger partial charge in [0.1, 0.15) is 5.82 Å². The third kappa shape index (κ3) is 3.26. The lowest BCUT2D eigenvalue weighted by molar-refractivity contribution is 0.0699. The van der Waals surface area contributed by atoms with Gasteiger partial charge in [-0.2, -0.15) is 4.98 Å². The Bertz CT molecular complexity index is 1440. The van der Waals surface area contributed by atoms with Crippen LogP contribution in [0.1, 0.15) is 21.5 Å². The van der Waals surface area contributed by atoms with E-state index in [0.29, 0.717) is 26.6 Å². The van der Waals surface area contributed by atoms with Gasteiger partial charge in [-0.1, -0.05) is 40.2 Å². The number of hydrogen-bond acceptors (Lipinski definition) is 5. The van der Waals surface area contributed by atoms with Crippen LogP contribution in [0, 0.1) is 5.82 Å². The summed E-state index contributed by atoms with van der Waals surface area (Å²) >= 11 is 3.31. The number of imidazole rings is 1. The minimum absolute atomic E-state index is 0.0359. The second-order valence-electron chi connectivity index (χ2n) is 7.37. The molecular formula is C23H16BrFN4O4. The molecule has 1 atom stereocenters. The van der Waals surface area contributed by atoms with Crippen LogP contribution in [0.2, 0.25) is 0 Å². The summed E-state index contributed by atoms with van der Waals surface area (Å²) in [4.78, 5) is 33.0. The molecule has 0 fully saturated rings.